The SMILES string of the molecule is O=C(CC1CCOCC1)NC1CC2(CCN(Cc3ccc(F)c(C(F)(F)F)c3)CC2)C1. The minimum Gasteiger partial charge on any atom is -0.381 e. The Labute approximate surface area is 180 Å². The van der Waals surface area contributed by atoms with Crippen LogP contribution in [0.15, 0.2) is 18.2 Å². The number of nitrogens with one attached hydrogen (secondary N) is 1. The van der Waals surface area contributed by atoms with Gasteiger partial charge in [-0.05, 0) is 80.6 Å². The minimum absolute atomic E-state index is 0.140. The molecule has 1 amide bonds. The number of nitrogens with zero attached hydrogens (tertiary/aromatic N) is 1. The maximum Gasteiger partial charge on any atom is 0.419 e. The average Bonchev–Trinajstić information content (AvgIpc) is 2.69. The number of ether oxygens (including phenoxy) is 1. The predicted molar refractivity (Wildman–Crippen MR) is 108 cm³/mol. The van der Waals surface area contributed by atoms with Gasteiger partial charge in [0.05, 0.1) is 5.56 Å². The summed E-state index contributed by atoms with van der Waals surface area (Å²) in [5.41, 5.74) is -0.471. The van der Waals surface area contributed by atoms with Gasteiger partial charge in [-0.15, -0.1) is 0 Å². The normalized spacial score (nSPS) is 23.0. The molecule has 0 radical (unpaired) electrons. The molecule has 2 aliphatic heterocycles. The summed E-state index contributed by atoms with van der Waals surface area (Å²) < 4.78 is 57.6. The van der Waals surface area contributed by atoms with Gasteiger partial charge in [-0.1, -0.05) is 6.07 Å². The van der Waals surface area contributed by atoms with Crippen molar-refractivity contribution in [3.05, 3.63) is 35.1 Å². The third-order valence-electron chi connectivity index (χ3n) is 7.20. The van der Waals surface area contributed by atoms with Crippen molar-refractivity contribution in [3.8, 4) is 0 Å². The topological polar surface area (TPSA) is 41.6 Å². The van der Waals surface area contributed by atoms with E-state index >= 15 is 0 Å². The molecule has 1 spiro atoms. The van der Waals surface area contributed by atoms with E-state index in [-0.39, 0.29) is 17.4 Å². The van der Waals surface area contributed by atoms with Crippen LogP contribution in [0, 0.1) is 17.2 Å². The molecule has 1 aromatic carbocycles. The fraction of sp³-hybridized carbons (Fsp3) is 0.696. The second-order valence-corrected chi connectivity index (χ2v) is 9.52. The number of carbonyl (C=O) groups excluding carboxylic acids is 1. The predicted octanol–water partition coefficient (Wildman–Crippen LogP) is 4.52. The van der Waals surface area contributed by atoms with Crippen LogP contribution < -0.4 is 5.32 Å². The Bertz CT molecular complexity index is 776. The van der Waals surface area contributed by atoms with E-state index in [1.54, 1.807) is 0 Å². The second kappa shape index (κ2) is 9.06. The van der Waals surface area contributed by atoms with Gasteiger partial charge in [0.2, 0.25) is 5.91 Å². The zero-order chi connectivity index (χ0) is 22.1. The lowest BCUT2D eigenvalue weighted by molar-refractivity contribution is -0.140. The number of amides is 1. The zero-order valence-corrected chi connectivity index (χ0v) is 17.6. The van der Waals surface area contributed by atoms with E-state index in [0.717, 1.165) is 77.0 Å². The van der Waals surface area contributed by atoms with Crippen molar-refractivity contribution >= 4 is 5.91 Å². The number of likely N-dealkylation sites (tertiary alicyclic amines) is 1. The molecule has 1 aliphatic carbocycles. The first kappa shape index (κ1) is 22.5. The summed E-state index contributed by atoms with van der Waals surface area (Å²) in [4.78, 5) is 14.4. The van der Waals surface area contributed by atoms with Gasteiger partial charge in [-0.25, -0.2) is 4.39 Å². The van der Waals surface area contributed by atoms with Gasteiger partial charge in [0.15, 0.2) is 0 Å². The first-order valence-electron chi connectivity index (χ1n) is 11.2. The number of benzene rings is 1. The van der Waals surface area contributed by atoms with Crippen molar-refractivity contribution < 1.29 is 27.1 Å². The molecule has 0 atom stereocenters. The standard InChI is InChI=1S/C23H30F4N2O2/c24-20-2-1-17(11-19(20)23(25,26)27)15-29-7-5-22(6-8-29)13-18(14-22)28-21(30)12-16-3-9-31-10-4-16/h1-2,11,16,18H,3-10,12-15H2,(H,28,30). The number of rotatable bonds is 5. The smallest absolute Gasteiger partial charge is 0.381 e. The molecule has 8 heteroatoms. The Hall–Kier alpha value is -1.67. The van der Waals surface area contributed by atoms with Crippen LogP contribution in [-0.2, 0) is 22.3 Å². The average molecular weight is 442 g/mol. The molecule has 172 valence electrons. The lowest BCUT2D eigenvalue weighted by atomic mass is 9.60. The molecule has 2 saturated heterocycles. The molecule has 3 fully saturated rings. The number of hydrogen-bond acceptors (Lipinski definition) is 3. The molecule has 1 aromatic rings. The van der Waals surface area contributed by atoms with E-state index < -0.39 is 17.6 Å². The van der Waals surface area contributed by atoms with Gasteiger partial charge in [0.1, 0.15) is 5.82 Å². The number of carbonyl (C=O) groups is 1. The highest BCUT2D eigenvalue weighted by Gasteiger charge is 2.46. The highest BCUT2D eigenvalue weighted by molar-refractivity contribution is 5.76. The van der Waals surface area contributed by atoms with E-state index in [2.05, 4.69) is 10.2 Å². The number of halogens is 4. The molecule has 4 nitrogen and oxygen atoms in total. The fourth-order valence-corrected chi connectivity index (χ4v) is 5.33. The van der Waals surface area contributed by atoms with Crippen molar-refractivity contribution in [1.82, 2.24) is 10.2 Å². The van der Waals surface area contributed by atoms with Crippen LogP contribution >= 0.6 is 0 Å². The van der Waals surface area contributed by atoms with Crippen molar-refractivity contribution in [2.75, 3.05) is 26.3 Å². The van der Waals surface area contributed by atoms with E-state index in [1.165, 1.54) is 6.07 Å². The zero-order valence-electron chi connectivity index (χ0n) is 17.6. The fourth-order valence-electron chi connectivity index (χ4n) is 5.33. The molecular formula is C23H30F4N2O2. The van der Waals surface area contributed by atoms with Crippen molar-refractivity contribution in [3.63, 3.8) is 0 Å². The van der Waals surface area contributed by atoms with Crippen LogP contribution in [0.2, 0.25) is 0 Å². The monoisotopic (exact) mass is 442 g/mol. The summed E-state index contributed by atoms with van der Waals surface area (Å²) in [7, 11) is 0. The van der Waals surface area contributed by atoms with Gasteiger partial charge < -0.3 is 10.1 Å². The van der Waals surface area contributed by atoms with Crippen molar-refractivity contribution in [2.24, 2.45) is 11.3 Å². The van der Waals surface area contributed by atoms with E-state index in [4.69, 9.17) is 4.74 Å². The van der Waals surface area contributed by atoms with Crippen molar-refractivity contribution in [1.29, 1.82) is 0 Å². The molecule has 0 aromatic heterocycles. The second-order valence-electron chi connectivity index (χ2n) is 9.52. The first-order chi connectivity index (χ1) is 14.7. The quantitative estimate of drug-likeness (QED) is 0.682. The molecule has 2 heterocycles. The summed E-state index contributed by atoms with van der Waals surface area (Å²) >= 11 is 0. The van der Waals surface area contributed by atoms with Crippen LogP contribution in [0.3, 0.4) is 0 Å². The van der Waals surface area contributed by atoms with Crippen LogP contribution in [0.25, 0.3) is 0 Å². The lowest BCUT2D eigenvalue weighted by Crippen LogP contribution is -2.55. The van der Waals surface area contributed by atoms with Gasteiger partial charge in [0.25, 0.3) is 0 Å². The minimum atomic E-state index is -4.68. The Kier molecular flexibility index (Phi) is 6.58. The summed E-state index contributed by atoms with van der Waals surface area (Å²) in [5.74, 6) is -0.662. The number of alkyl halides is 3. The molecule has 0 unspecified atom stereocenters. The first-order valence-corrected chi connectivity index (χ1v) is 11.2. The van der Waals surface area contributed by atoms with E-state index in [9.17, 15) is 22.4 Å². The van der Waals surface area contributed by atoms with Crippen LogP contribution in [0.5, 0.6) is 0 Å². The third kappa shape index (κ3) is 5.58. The summed E-state index contributed by atoms with van der Waals surface area (Å²) in [6.45, 7) is 3.50. The van der Waals surface area contributed by atoms with Crippen LogP contribution in [0.4, 0.5) is 17.6 Å². The molecule has 1 N–H and O–H groups in total. The van der Waals surface area contributed by atoms with Gasteiger partial charge in [-0.3, -0.25) is 9.69 Å². The molecule has 1 saturated carbocycles. The summed E-state index contributed by atoms with van der Waals surface area (Å²) in [5, 5.41) is 3.18. The highest BCUT2D eigenvalue weighted by Crippen LogP contribution is 2.49. The van der Waals surface area contributed by atoms with Gasteiger partial charge in [0, 0.05) is 32.2 Å². The summed E-state index contributed by atoms with van der Waals surface area (Å²) in [6, 6.07) is 3.50. The Morgan fingerprint density at radius 2 is 1.84 bits per heavy atom. The number of hydrogen-bond donors (Lipinski definition) is 1. The molecule has 31 heavy (non-hydrogen) atoms. The van der Waals surface area contributed by atoms with Crippen LogP contribution in [0.1, 0.15) is 56.1 Å². The van der Waals surface area contributed by atoms with Gasteiger partial charge in [-0.2, -0.15) is 13.2 Å². The maximum absolute atomic E-state index is 13.5. The molecule has 4 rings (SSSR count). The molecule has 0 bridgehead atoms. The summed E-state index contributed by atoms with van der Waals surface area (Å²) in [6.07, 6.45) is 1.73. The van der Waals surface area contributed by atoms with Gasteiger partial charge >= 0.3 is 6.18 Å². The Morgan fingerprint density at radius 1 is 1.16 bits per heavy atom. The molecule has 3 aliphatic rings. The molecular weight excluding hydrogens is 412 g/mol. The Balaban J connectivity index is 1.21. The number of piperidine rings is 1. The van der Waals surface area contributed by atoms with E-state index in [1.807, 2.05) is 0 Å². The van der Waals surface area contributed by atoms with Crippen molar-refractivity contribution in [2.45, 2.75) is 63.7 Å². The third-order valence-corrected chi connectivity index (χ3v) is 7.20. The largest absolute Gasteiger partial charge is 0.419 e. The lowest BCUT2D eigenvalue weighted by Gasteiger charge is -2.52. The highest BCUT2D eigenvalue weighted by atomic mass is 19.4. The Morgan fingerprint density at radius 3 is 2.48 bits per heavy atom. The van der Waals surface area contributed by atoms with E-state index in [0.29, 0.717) is 24.4 Å². The van der Waals surface area contributed by atoms with Crippen LogP contribution in [-0.4, -0.2) is 43.2 Å². The maximum atomic E-state index is 13.5.